The van der Waals surface area contributed by atoms with Crippen LogP contribution in [-0.2, 0) is 19.5 Å². The third-order valence-corrected chi connectivity index (χ3v) is 31.4. The molecule has 6 rings (SSSR count). The van der Waals surface area contributed by atoms with Gasteiger partial charge in [-0.2, -0.15) is 0 Å². The molecule has 6 fully saturated rings. The molecule has 6 aliphatic carbocycles. The Kier molecular flexibility index (Phi) is 11.0. The van der Waals surface area contributed by atoms with Crippen LogP contribution in [0.1, 0.15) is 168 Å². The maximum absolute atomic E-state index is 3.20. The smallest absolute Gasteiger partial charge is 0 e. The molecule has 0 saturated heterocycles. The Hall–Kier alpha value is 1.22. The molecule has 0 heterocycles. The Morgan fingerprint density at radius 2 is 0.605 bits per heavy atom. The van der Waals surface area contributed by atoms with Gasteiger partial charge < -0.3 is 0 Å². The van der Waals surface area contributed by atoms with Crippen LogP contribution in [0.25, 0.3) is 0 Å². The zero-order chi connectivity index (χ0) is 25.3. The van der Waals surface area contributed by atoms with E-state index < -0.39 is 14.5 Å². The number of hydrogen-bond donors (Lipinski definition) is 0. The number of allylic oxidation sites excluding steroid dienone is 2. The van der Waals surface area contributed by atoms with Crippen molar-refractivity contribution in [1.82, 2.24) is 0 Å². The van der Waals surface area contributed by atoms with E-state index in [0.717, 1.165) is 5.40 Å². The van der Waals surface area contributed by atoms with Gasteiger partial charge in [-0.05, 0) is 0 Å². The van der Waals surface area contributed by atoms with Crippen LogP contribution in [-0.4, -0.2) is 39.4 Å². The fourth-order valence-electron chi connectivity index (χ4n) is 13.1. The van der Waals surface area contributed by atoms with Crippen molar-refractivity contribution in [1.29, 1.82) is 0 Å². The van der Waals surface area contributed by atoms with Crippen LogP contribution in [0.2, 0.25) is 0 Å². The topological polar surface area (TPSA) is 0 Å². The monoisotopic (exact) mass is 648 g/mol. The second kappa shape index (κ2) is 13.7. The Balaban J connectivity index is 0.00000294. The first kappa shape index (κ1) is 30.7. The second-order valence-electron chi connectivity index (χ2n) is 15.6. The minimum Gasteiger partial charge on any atom is 0 e. The molecule has 6 saturated carbocycles. The third kappa shape index (κ3) is 5.39. The Bertz CT molecular complexity index is 613. The SMILES string of the molecule is CC(C)=CC([PH](C1CCCC1)(C1CCCC1)C1CCCC1)[PH](C1CCCC1)(C1CCCC1)C1CCCC1.[Ru]. The number of hydrogen-bond acceptors (Lipinski definition) is 0. The molecule has 0 aromatic heterocycles. The summed E-state index contributed by atoms with van der Waals surface area (Å²) in [5.74, 6) is 0. The van der Waals surface area contributed by atoms with E-state index in [9.17, 15) is 0 Å². The first-order valence-corrected chi connectivity index (χ1v) is 22.4. The van der Waals surface area contributed by atoms with Gasteiger partial charge in [-0.3, -0.25) is 0 Å². The summed E-state index contributed by atoms with van der Waals surface area (Å²) in [4.78, 5) is 0. The van der Waals surface area contributed by atoms with E-state index in [0.29, 0.717) is 0 Å². The summed E-state index contributed by atoms with van der Waals surface area (Å²) >= 11 is 0. The molecule has 0 aliphatic heterocycles. The summed E-state index contributed by atoms with van der Waals surface area (Å²) in [7, 11) is -3.08. The average Bonchev–Trinajstić information content (AvgIpc) is 3.77. The van der Waals surface area contributed by atoms with Crippen molar-refractivity contribution in [3.63, 3.8) is 0 Å². The molecule has 0 amide bonds. The van der Waals surface area contributed by atoms with E-state index in [4.69, 9.17) is 0 Å². The normalized spacial score (nSPS) is 29.3. The van der Waals surface area contributed by atoms with Crippen molar-refractivity contribution in [2.45, 2.75) is 207 Å². The van der Waals surface area contributed by atoms with Crippen LogP contribution in [0.4, 0.5) is 0 Å². The standard InChI is InChI=1S/C35H64P2.Ru/c1-28(2)27-35(36(29-15-3-4-16-29,30-17-5-6-18-30)31-19-7-8-20-31)37(32-21-9-10-22-32,33-23-11-12-24-33)34-25-13-14-26-34;/h27,29-37H,3-26H2,1-2H3;. The van der Waals surface area contributed by atoms with Crippen molar-refractivity contribution in [2.75, 3.05) is 0 Å². The van der Waals surface area contributed by atoms with Gasteiger partial charge in [-0.15, -0.1) is 0 Å². The maximum atomic E-state index is 3.20. The van der Waals surface area contributed by atoms with Gasteiger partial charge in [-0.25, -0.2) is 0 Å². The molecule has 0 aromatic carbocycles. The first-order chi connectivity index (χ1) is 18.2. The maximum Gasteiger partial charge on any atom is 0 e. The van der Waals surface area contributed by atoms with Crippen molar-refractivity contribution >= 4 is 14.5 Å². The van der Waals surface area contributed by atoms with Gasteiger partial charge in [0.25, 0.3) is 0 Å². The summed E-state index contributed by atoms with van der Waals surface area (Å²) < 4.78 is 0. The van der Waals surface area contributed by atoms with E-state index in [1.54, 1.807) is 160 Å². The summed E-state index contributed by atoms with van der Waals surface area (Å²) in [5, 5.41) is 1.16. The Morgan fingerprint density at radius 1 is 0.421 bits per heavy atom. The Labute approximate surface area is 251 Å². The largest absolute Gasteiger partial charge is 0 e. The summed E-state index contributed by atoms with van der Waals surface area (Å²) in [6.45, 7) is 5.11. The molecule has 0 nitrogen and oxygen atoms in total. The van der Waals surface area contributed by atoms with Crippen molar-refractivity contribution < 1.29 is 19.5 Å². The zero-order valence-corrected chi connectivity index (χ0v) is 29.2. The van der Waals surface area contributed by atoms with E-state index in [1.807, 2.05) is 0 Å². The van der Waals surface area contributed by atoms with Crippen molar-refractivity contribution in [2.24, 2.45) is 0 Å². The molecule has 0 unspecified atom stereocenters. The molecule has 38 heavy (non-hydrogen) atoms. The third-order valence-electron chi connectivity index (χ3n) is 14.0. The quantitative estimate of drug-likeness (QED) is 0.133. The van der Waals surface area contributed by atoms with Crippen LogP contribution < -0.4 is 0 Å². The minimum atomic E-state index is -1.54. The first-order valence-electron chi connectivity index (χ1n) is 17.8. The predicted molar refractivity (Wildman–Crippen MR) is 173 cm³/mol. The molecular weight excluding hydrogens is 583 g/mol. The fraction of sp³-hybridized carbons (Fsp3) is 0.943. The van der Waals surface area contributed by atoms with Crippen LogP contribution in [0, 0.1) is 0 Å². The summed E-state index contributed by atoms with van der Waals surface area (Å²) in [6.07, 6.45) is 42.2. The minimum absolute atomic E-state index is 0. The molecule has 0 spiro atoms. The van der Waals surface area contributed by atoms with Gasteiger partial charge in [0.15, 0.2) is 0 Å². The van der Waals surface area contributed by atoms with Crippen molar-refractivity contribution in [3.05, 3.63) is 11.6 Å². The zero-order valence-electron chi connectivity index (χ0n) is 25.4. The van der Waals surface area contributed by atoms with Crippen LogP contribution in [0.15, 0.2) is 11.6 Å². The molecule has 0 aromatic rings. The molecule has 0 radical (unpaired) electrons. The fourth-order valence-corrected chi connectivity index (χ4v) is 37.6. The molecule has 0 N–H and O–H groups in total. The van der Waals surface area contributed by atoms with Crippen LogP contribution in [0.3, 0.4) is 0 Å². The van der Waals surface area contributed by atoms with Gasteiger partial charge in [0, 0.05) is 19.5 Å². The second-order valence-corrected chi connectivity index (χ2v) is 26.3. The average molecular weight is 648 g/mol. The van der Waals surface area contributed by atoms with Gasteiger partial charge in [-0.1, -0.05) is 0 Å². The van der Waals surface area contributed by atoms with E-state index in [-0.39, 0.29) is 19.5 Å². The molecule has 0 atom stereocenters. The predicted octanol–water partition coefficient (Wildman–Crippen LogP) is 11.4. The summed E-state index contributed by atoms with van der Waals surface area (Å²) in [5.41, 5.74) is 8.98. The van der Waals surface area contributed by atoms with E-state index >= 15 is 0 Å². The van der Waals surface area contributed by atoms with Crippen LogP contribution in [0.5, 0.6) is 0 Å². The van der Waals surface area contributed by atoms with Gasteiger partial charge in [0.2, 0.25) is 0 Å². The molecule has 3 heteroatoms. The van der Waals surface area contributed by atoms with Gasteiger partial charge in [0.05, 0.1) is 0 Å². The summed E-state index contributed by atoms with van der Waals surface area (Å²) in [6, 6.07) is 0. The van der Waals surface area contributed by atoms with E-state index in [2.05, 4.69) is 19.9 Å². The molecule has 0 bridgehead atoms. The molecular formula is C35H64P2Ru. The van der Waals surface area contributed by atoms with Gasteiger partial charge in [0.1, 0.15) is 0 Å². The Morgan fingerprint density at radius 3 is 0.763 bits per heavy atom. The van der Waals surface area contributed by atoms with Crippen molar-refractivity contribution in [3.8, 4) is 0 Å². The number of rotatable bonds is 9. The molecule has 6 aliphatic rings. The molecule has 222 valence electrons. The van der Waals surface area contributed by atoms with E-state index in [1.165, 1.54) is 34.0 Å². The van der Waals surface area contributed by atoms with Gasteiger partial charge >= 0.3 is 233 Å². The van der Waals surface area contributed by atoms with Crippen LogP contribution >= 0.6 is 14.5 Å².